The predicted octanol–water partition coefficient (Wildman–Crippen LogP) is 3.82. The Morgan fingerprint density at radius 2 is 2.17 bits per heavy atom. The van der Waals surface area contributed by atoms with Crippen LogP contribution >= 0.6 is 50.8 Å². The first-order valence-electron chi connectivity index (χ1n) is 6.91. The van der Waals surface area contributed by atoms with E-state index in [1.807, 2.05) is 0 Å². The van der Waals surface area contributed by atoms with Gasteiger partial charge in [-0.15, -0.1) is 22.7 Å². The number of carbonyl (C=O) groups is 1. The molecule has 5 nitrogen and oxygen atoms in total. The molecular formula is C14H10BrN3O2S3. The quantitative estimate of drug-likeness (QED) is 0.610. The molecule has 2 N–H and O–H groups in total. The smallest absolute Gasteiger partial charge is 0.282 e. The van der Waals surface area contributed by atoms with Gasteiger partial charge in [0, 0.05) is 4.88 Å². The van der Waals surface area contributed by atoms with Crippen LogP contribution in [0.1, 0.15) is 26.5 Å². The number of nitrogens with one attached hydrogen (secondary N) is 2. The van der Waals surface area contributed by atoms with E-state index in [1.54, 1.807) is 23.5 Å². The van der Waals surface area contributed by atoms with Crippen molar-refractivity contribution in [3.05, 3.63) is 46.4 Å². The number of hydrogen-bond acceptors (Lipinski definition) is 5. The van der Waals surface area contributed by atoms with Gasteiger partial charge in [-0.05, 0) is 65.1 Å². The molecule has 0 saturated carbocycles. The molecule has 3 heterocycles. The third-order valence-corrected chi connectivity index (χ3v) is 6.89. The molecule has 9 heteroatoms. The molecule has 0 spiro atoms. The largest absolute Gasteiger partial charge is 0.322 e. The van der Waals surface area contributed by atoms with Crippen molar-refractivity contribution in [2.24, 2.45) is 0 Å². The van der Waals surface area contributed by atoms with Crippen LogP contribution in [0.3, 0.4) is 0 Å². The van der Waals surface area contributed by atoms with Gasteiger partial charge in [-0.25, -0.2) is 0 Å². The second-order valence-electron chi connectivity index (χ2n) is 5.18. The number of H-pyrrole nitrogens is 1. The van der Waals surface area contributed by atoms with Crippen molar-refractivity contribution in [2.75, 3.05) is 5.43 Å². The average Bonchev–Trinajstić information content (AvgIpc) is 3.18. The molecule has 0 atom stereocenters. The fourth-order valence-corrected chi connectivity index (χ4v) is 5.62. The van der Waals surface area contributed by atoms with Gasteiger partial charge in [0.05, 0.1) is 14.0 Å². The maximum absolute atomic E-state index is 12.8. The van der Waals surface area contributed by atoms with Gasteiger partial charge in [-0.1, -0.05) is 0 Å². The van der Waals surface area contributed by atoms with Gasteiger partial charge in [-0.2, -0.15) is 4.68 Å². The summed E-state index contributed by atoms with van der Waals surface area (Å²) in [5.74, 6) is -0.353. The van der Waals surface area contributed by atoms with Crippen LogP contribution < -0.4 is 11.0 Å². The zero-order valence-electron chi connectivity index (χ0n) is 11.6. The molecule has 1 aliphatic rings. The Labute approximate surface area is 152 Å². The molecule has 0 unspecified atom stereocenters. The lowest BCUT2D eigenvalue weighted by Crippen LogP contribution is -2.34. The van der Waals surface area contributed by atoms with E-state index in [-0.39, 0.29) is 16.2 Å². The topological polar surface area (TPSA) is 66.9 Å². The molecular weight excluding hydrogens is 418 g/mol. The first kappa shape index (κ1) is 15.3. The van der Waals surface area contributed by atoms with Crippen LogP contribution in [0, 0.1) is 4.77 Å². The van der Waals surface area contributed by atoms with Gasteiger partial charge in [0.25, 0.3) is 11.5 Å². The minimum Gasteiger partial charge on any atom is -0.322 e. The normalized spacial score (nSPS) is 13.4. The third-order valence-electron chi connectivity index (χ3n) is 3.77. The maximum atomic E-state index is 12.8. The monoisotopic (exact) mass is 427 g/mol. The summed E-state index contributed by atoms with van der Waals surface area (Å²) in [6.45, 7) is 0. The van der Waals surface area contributed by atoms with E-state index in [2.05, 4.69) is 26.3 Å². The highest BCUT2D eigenvalue weighted by atomic mass is 79.9. The SMILES string of the molecule is O=C(Nn1c(=S)[nH]c2sc3c(c2c1=O)CCC3)c1ccc(Br)s1. The fourth-order valence-electron chi connectivity index (χ4n) is 2.77. The lowest BCUT2D eigenvalue weighted by atomic mass is 10.2. The van der Waals surface area contributed by atoms with Crippen LogP contribution in [0.2, 0.25) is 0 Å². The number of nitrogens with zero attached hydrogens (tertiary/aromatic N) is 1. The zero-order chi connectivity index (χ0) is 16.1. The van der Waals surface area contributed by atoms with E-state index in [0.29, 0.717) is 10.3 Å². The molecule has 0 aliphatic heterocycles. The number of aromatic nitrogens is 2. The summed E-state index contributed by atoms with van der Waals surface area (Å²) in [5.41, 5.74) is 3.45. The van der Waals surface area contributed by atoms with Gasteiger partial charge in [0.2, 0.25) is 4.77 Å². The Morgan fingerprint density at radius 3 is 2.91 bits per heavy atom. The second-order valence-corrected chi connectivity index (χ2v) is 9.13. The minimum absolute atomic E-state index is 0.200. The first-order valence-corrected chi connectivity index (χ1v) is 9.74. The minimum atomic E-state index is -0.353. The molecule has 0 saturated heterocycles. The highest BCUT2D eigenvalue weighted by Crippen LogP contribution is 2.34. The van der Waals surface area contributed by atoms with Crippen molar-refractivity contribution in [1.29, 1.82) is 0 Å². The molecule has 23 heavy (non-hydrogen) atoms. The molecule has 0 bridgehead atoms. The Kier molecular flexibility index (Phi) is 3.75. The van der Waals surface area contributed by atoms with Crippen molar-refractivity contribution in [2.45, 2.75) is 19.3 Å². The molecule has 0 fully saturated rings. The first-order chi connectivity index (χ1) is 11.0. The van der Waals surface area contributed by atoms with E-state index in [0.717, 1.165) is 38.1 Å². The second kappa shape index (κ2) is 5.66. The number of thiophene rings is 2. The van der Waals surface area contributed by atoms with Crippen molar-refractivity contribution in [1.82, 2.24) is 9.66 Å². The highest BCUT2D eigenvalue weighted by Gasteiger charge is 2.22. The molecule has 118 valence electrons. The lowest BCUT2D eigenvalue weighted by Gasteiger charge is -2.07. The third kappa shape index (κ3) is 2.51. The summed E-state index contributed by atoms with van der Waals surface area (Å²) in [4.78, 5) is 30.7. The average molecular weight is 428 g/mol. The summed E-state index contributed by atoms with van der Waals surface area (Å²) in [6, 6.07) is 3.49. The van der Waals surface area contributed by atoms with Crippen molar-refractivity contribution < 1.29 is 4.79 Å². The van der Waals surface area contributed by atoms with Crippen molar-refractivity contribution in [3.8, 4) is 0 Å². The molecule has 0 aromatic carbocycles. The Hall–Kier alpha value is -1.29. The molecule has 1 amide bonds. The van der Waals surface area contributed by atoms with Gasteiger partial charge < -0.3 is 4.98 Å². The number of amides is 1. The molecule has 3 aromatic rings. The number of aryl methyl sites for hydroxylation is 2. The van der Waals surface area contributed by atoms with Crippen LogP contribution in [-0.2, 0) is 12.8 Å². The zero-order valence-corrected chi connectivity index (χ0v) is 15.7. The Morgan fingerprint density at radius 1 is 1.35 bits per heavy atom. The van der Waals surface area contributed by atoms with Crippen LogP contribution in [0.5, 0.6) is 0 Å². The summed E-state index contributed by atoms with van der Waals surface area (Å²) in [6.07, 6.45) is 2.98. The van der Waals surface area contributed by atoms with Crippen molar-refractivity contribution in [3.63, 3.8) is 0 Å². The fraction of sp³-hybridized carbons (Fsp3) is 0.214. The van der Waals surface area contributed by atoms with E-state index in [1.165, 1.54) is 16.2 Å². The van der Waals surface area contributed by atoms with Gasteiger partial charge in [0.15, 0.2) is 0 Å². The van der Waals surface area contributed by atoms with E-state index >= 15 is 0 Å². The standard InChI is InChI=1S/C14H10BrN3O2S3/c15-9-5-4-8(22-9)11(19)17-18-13(20)10-6-2-1-3-7(6)23-12(10)16-14(18)21/h4-5H,1-3H2,(H,16,21)(H,17,19). The van der Waals surface area contributed by atoms with Gasteiger partial charge in [-0.3, -0.25) is 15.0 Å². The van der Waals surface area contributed by atoms with Gasteiger partial charge in [0.1, 0.15) is 4.83 Å². The molecule has 1 aliphatic carbocycles. The Balaban J connectivity index is 1.82. The molecule has 0 radical (unpaired) electrons. The summed E-state index contributed by atoms with van der Waals surface area (Å²) >= 11 is 11.5. The number of aromatic amines is 1. The van der Waals surface area contributed by atoms with Gasteiger partial charge >= 0.3 is 0 Å². The van der Waals surface area contributed by atoms with E-state index in [4.69, 9.17) is 12.2 Å². The molecule has 3 aromatic heterocycles. The van der Waals surface area contributed by atoms with Crippen LogP contribution in [0.4, 0.5) is 0 Å². The number of hydrogen-bond donors (Lipinski definition) is 2. The van der Waals surface area contributed by atoms with Crippen molar-refractivity contribution >= 4 is 66.9 Å². The Bertz CT molecular complexity index is 1060. The lowest BCUT2D eigenvalue weighted by molar-refractivity contribution is 0.101. The van der Waals surface area contributed by atoms with E-state index in [9.17, 15) is 9.59 Å². The highest BCUT2D eigenvalue weighted by molar-refractivity contribution is 9.11. The van der Waals surface area contributed by atoms with E-state index < -0.39 is 0 Å². The van der Waals surface area contributed by atoms with Crippen LogP contribution in [0.15, 0.2) is 20.7 Å². The maximum Gasteiger partial charge on any atom is 0.282 e. The number of rotatable bonds is 2. The summed E-state index contributed by atoms with van der Waals surface area (Å²) < 4.78 is 2.19. The summed E-state index contributed by atoms with van der Waals surface area (Å²) in [5, 5.41) is 0.656. The molecule has 4 rings (SSSR count). The number of halogens is 1. The van der Waals surface area contributed by atoms with Crippen LogP contribution in [0.25, 0.3) is 10.2 Å². The predicted molar refractivity (Wildman–Crippen MR) is 99.0 cm³/mol. The summed E-state index contributed by atoms with van der Waals surface area (Å²) in [7, 11) is 0. The number of fused-ring (bicyclic) bond motifs is 3. The van der Waals surface area contributed by atoms with Crippen LogP contribution in [-0.4, -0.2) is 15.6 Å². The number of carbonyl (C=O) groups excluding carboxylic acids is 1.